The normalized spacial score (nSPS) is 13.0. The van der Waals surface area contributed by atoms with Gasteiger partial charge < -0.3 is 24.6 Å². The van der Waals surface area contributed by atoms with E-state index < -0.39 is 5.82 Å². The second-order valence-electron chi connectivity index (χ2n) is 7.38. The van der Waals surface area contributed by atoms with Gasteiger partial charge in [0, 0.05) is 43.3 Å². The second kappa shape index (κ2) is 11.1. The molecule has 1 aliphatic rings. The standard InChI is InChI=1S/C23H26ClFN4O3/c1-28(2)8-4-5-23(30)27-20-11-16-14-26-15-29(17-6-7-19(25)18(24)12-17)21(16)13-22(20)32-10-9-31-3/h4-7,11-14H,8-10,15H2,1-3H3,(H,27,30)/b5-4+. The van der Waals surface area contributed by atoms with E-state index in [1.807, 2.05) is 30.0 Å². The number of fused-ring (bicyclic) bond motifs is 1. The molecule has 1 N–H and O–H groups in total. The maximum atomic E-state index is 13.6. The molecule has 170 valence electrons. The summed E-state index contributed by atoms with van der Waals surface area (Å²) in [5, 5.41) is 2.90. The van der Waals surface area contributed by atoms with E-state index in [-0.39, 0.29) is 10.9 Å². The fourth-order valence-corrected chi connectivity index (χ4v) is 3.27. The number of methoxy groups -OCH3 is 1. The van der Waals surface area contributed by atoms with E-state index in [0.717, 1.165) is 11.3 Å². The SMILES string of the molecule is COCCOc1cc2c(cc1NC(=O)/C=C/CN(C)C)C=NCN2c1ccc(F)c(Cl)c1. The van der Waals surface area contributed by atoms with Crippen LogP contribution in [0.2, 0.25) is 5.02 Å². The number of rotatable bonds is 9. The van der Waals surface area contributed by atoms with Gasteiger partial charge in [0.1, 0.15) is 24.8 Å². The maximum Gasteiger partial charge on any atom is 0.248 e. The third-order valence-corrected chi connectivity index (χ3v) is 4.92. The van der Waals surface area contributed by atoms with Crippen molar-refractivity contribution >= 4 is 40.8 Å². The van der Waals surface area contributed by atoms with Crippen LogP contribution < -0.4 is 15.0 Å². The summed E-state index contributed by atoms with van der Waals surface area (Å²) in [6, 6.07) is 8.14. The number of amides is 1. The fourth-order valence-electron chi connectivity index (χ4n) is 3.09. The zero-order valence-corrected chi connectivity index (χ0v) is 19.0. The van der Waals surface area contributed by atoms with Crippen LogP contribution in [-0.2, 0) is 9.53 Å². The lowest BCUT2D eigenvalue weighted by Crippen LogP contribution is -2.23. The summed E-state index contributed by atoms with van der Waals surface area (Å²) < 4.78 is 24.6. The number of carbonyl (C=O) groups is 1. The predicted octanol–water partition coefficient (Wildman–Crippen LogP) is 4.09. The summed E-state index contributed by atoms with van der Waals surface area (Å²) in [6.45, 7) is 1.69. The molecule has 1 amide bonds. The van der Waals surface area contributed by atoms with Crippen molar-refractivity contribution in [3.63, 3.8) is 0 Å². The number of benzene rings is 2. The number of nitrogens with one attached hydrogen (secondary N) is 1. The van der Waals surface area contributed by atoms with Gasteiger partial charge in [-0.05, 0) is 38.4 Å². The highest BCUT2D eigenvalue weighted by molar-refractivity contribution is 6.31. The fraction of sp³-hybridized carbons (Fsp3) is 0.304. The lowest BCUT2D eigenvalue weighted by Gasteiger charge is -2.29. The van der Waals surface area contributed by atoms with Gasteiger partial charge in [-0.3, -0.25) is 9.79 Å². The van der Waals surface area contributed by atoms with Gasteiger partial charge in [0.05, 0.1) is 23.0 Å². The molecule has 0 fully saturated rings. The molecule has 2 aromatic rings. The molecule has 0 unspecified atom stereocenters. The molecule has 3 rings (SSSR count). The summed E-state index contributed by atoms with van der Waals surface area (Å²) in [5.41, 5.74) is 2.80. The number of carbonyl (C=O) groups excluding carboxylic acids is 1. The van der Waals surface area contributed by atoms with Crippen molar-refractivity contribution in [3.05, 3.63) is 58.9 Å². The van der Waals surface area contributed by atoms with Crippen LogP contribution in [-0.4, -0.2) is 64.7 Å². The number of likely N-dealkylation sites (N-methyl/N-ethyl adjacent to an activating group) is 1. The van der Waals surface area contributed by atoms with Gasteiger partial charge in [0.15, 0.2) is 0 Å². The van der Waals surface area contributed by atoms with Crippen molar-refractivity contribution in [2.45, 2.75) is 0 Å². The van der Waals surface area contributed by atoms with Crippen molar-refractivity contribution in [3.8, 4) is 5.75 Å². The Morgan fingerprint density at radius 1 is 1.31 bits per heavy atom. The molecular weight excluding hydrogens is 435 g/mol. The first-order valence-electron chi connectivity index (χ1n) is 10.0. The zero-order chi connectivity index (χ0) is 23.1. The Bertz CT molecular complexity index is 1030. The third kappa shape index (κ3) is 6.06. The first-order chi connectivity index (χ1) is 15.4. The largest absolute Gasteiger partial charge is 0.489 e. The first-order valence-corrected chi connectivity index (χ1v) is 10.4. The molecule has 0 saturated heterocycles. The lowest BCUT2D eigenvalue weighted by molar-refractivity contribution is -0.111. The molecule has 1 heterocycles. The molecule has 9 heteroatoms. The number of nitrogens with zero attached hydrogens (tertiary/aromatic N) is 3. The van der Waals surface area contributed by atoms with E-state index in [2.05, 4.69) is 10.3 Å². The van der Waals surface area contributed by atoms with Crippen LogP contribution in [0.25, 0.3) is 0 Å². The summed E-state index contributed by atoms with van der Waals surface area (Å²) in [6.07, 6.45) is 4.99. The summed E-state index contributed by atoms with van der Waals surface area (Å²) in [4.78, 5) is 20.7. The molecule has 0 aliphatic carbocycles. The zero-order valence-electron chi connectivity index (χ0n) is 18.3. The number of aliphatic imine (C=N–C) groups is 1. The maximum absolute atomic E-state index is 13.6. The average molecular weight is 461 g/mol. The number of hydrogen-bond donors (Lipinski definition) is 1. The Morgan fingerprint density at radius 2 is 2.12 bits per heavy atom. The summed E-state index contributed by atoms with van der Waals surface area (Å²) >= 11 is 5.98. The van der Waals surface area contributed by atoms with E-state index in [4.69, 9.17) is 21.1 Å². The minimum atomic E-state index is -0.486. The third-order valence-electron chi connectivity index (χ3n) is 4.63. The Morgan fingerprint density at radius 3 is 2.84 bits per heavy atom. The topological polar surface area (TPSA) is 66.4 Å². The Hall–Kier alpha value is -2.94. The Balaban J connectivity index is 1.93. The van der Waals surface area contributed by atoms with Crippen LogP contribution in [0.15, 0.2) is 47.5 Å². The molecular formula is C23H26ClFN4O3. The van der Waals surface area contributed by atoms with Crippen molar-refractivity contribution in [2.75, 3.05) is 57.8 Å². The molecule has 7 nitrogen and oxygen atoms in total. The molecule has 1 aliphatic heterocycles. The van der Waals surface area contributed by atoms with E-state index in [9.17, 15) is 9.18 Å². The summed E-state index contributed by atoms with van der Waals surface area (Å²) in [5.74, 6) is -0.262. The van der Waals surface area contributed by atoms with E-state index in [1.54, 1.807) is 37.6 Å². The predicted molar refractivity (Wildman–Crippen MR) is 126 cm³/mol. The van der Waals surface area contributed by atoms with Crippen LogP contribution in [0.3, 0.4) is 0 Å². The molecule has 0 aromatic heterocycles. The number of ether oxygens (including phenoxy) is 2. The minimum Gasteiger partial charge on any atom is -0.489 e. The molecule has 0 bridgehead atoms. The highest BCUT2D eigenvalue weighted by Gasteiger charge is 2.21. The van der Waals surface area contributed by atoms with Gasteiger partial charge in [-0.1, -0.05) is 17.7 Å². The molecule has 0 saturated carbocycles. The monoisotopic (exact) mass is 460 g/mol. The Kier molecular flexibility index (Phi) is 8.21. The second-order valence-corrected chi connectivity index (χ2v) is 7.79. The molecule has 0 radical (unpaired) electrons. The van der Waals surface area contributed by atoms with Gasteiger partial charge in [-0.15, -0.1) is 0 Å². The van der Waals surface area contributed by atoms with Crippen molar-refractivity contribution in [1.29, 1.82) is 0 Å². The minimum absolute atomic E-state index is 0.0311. The lowest BCUT2D eigenvalue weighted by atomic mass is 10.1. The average Bonchev–Trinajstić information content (AvgIpc) is 2.75. The van der Waals surface area contributed by atoms with Gasteiger partial charge in [0.2, 0.25) is 5.91 Å². The van der Waals surface area contributed by atoms with E-state index in [1.165, 1.54) is 12.1 Å². The summed E-state index contributed by atoms with van der Waals surface area (Å²) in [7, 11) is 5.44. The van der Waals surface area contributed by atoms with Crippen LogP contribution in [0.1, 0.15) is 5.56 Å². The van der Waals surface area contributed by atoms with Gasteiger partial charge >= 0.3 is 0 Å². The molecule has 32 heavy (non-hydrogen) atoms. The number of hydrogen-bond acceptors (Lipinski definition) is 6. The van der Waals surface area contributed by atoms with Crippen LogP contribution in [0.5, 0.6) is 5.75 Å². The molecule has 2 aromatic carbocycles. The highest BCUT2D eigenvalue weighted by atomic mass is 35.5. The van der Waals surface area contributed by atoms with E-state index >= 15 is 0 Å². The van der Waals surface area contributed by atoms with Crippen molar-refractivity contribution < 1.29 is 18.7 Å². The van der Waals surface area contributed by atoms with Crippen LogP contribution >= 0.6 is 11.6 Å². The van der Waals surface area contributed by atoms with Crippen LogP contribution in [0.4, 0.5) is 21.5 Å². The Labute approximate surface area is 192 Å². The van der Waals surface area contributed by atoms with Crippen LogP contribution in [0, 0.1) is 5.82 Å². The first kappa shape index (κ1) is 23.7. The quantitative estimate of drug-likeness (QED) is 0.451. The number of halogens is 2. The van der Waals surface area contributed by atoms with Gasteiger partial charge in [0.25, 0.3) is 0 Å². The van der Waals surface area contributed by atoms with Crippen molar-refractivity contribution in [1.82, 2.24) is 4.90 Å². The van der Waals surface area contributed by atoms with Gasteiger partial charge in [-0.25, -0.2) is 4.39 Å². The highest BCUT2D eigenvalue weighted by Crippen LogP contribution is 2.38. The molecule has 0 spiro atoms. The molecule has 0 atom stereocenters. The van der Waals surface area contributed by atoms with Gasteiger partial charge in [-0.2, -0.15) is 0 Å². The smallest absolute Gasteiger partial charge is 0.248 e. The number of anilines is 3. The van der Waals surface area contributed by atoms with E-state index in [0.29, 0.717) is 43.6 Å². The van der Waals surface area contributed by atoms with Crippen molar-refractivity contribution in [2.24, 2.45) is 4.99 Å².